The van der Waals surface area contributed by atoms with E-state index in [-0.39, 0.29) is 24.3 Å². The van der Waals surface area contributed by atoms with Gasteiger partial charge in [-0.15, -0.1) is 0 Å². The van der Waals surface area contributed by atoms with Crippen molar-refractivity contribution in [1.29, 1.82) is 0 Å². The van der Waals surface area contributed by atoms with E-state index in [4.69, 9.17) is 0 Å². The maximum Gasteiger partial charge on any atom is 0.310 e. The van der Waals surface area contributed by atoms with Crippen LogP contribution in [0.25, 0.3) is 0 Å². The summed E-state index contributed by atoms with van der Waals surface area (Å²) in [6.07, 6.45) is 0. The molecule has 2 N–H and O–H groups in total. The smallest absolute Gasteiger partial charge is 0.310 e. The van der Waals surface area contributed by atoms with Crippen molar-refractivity contribution in [3.8, 4) is 0 Å². The molecule has 1 unspecified atom stereocenters. The summed E-state index contributed by atoms with van der Waals surface area (Å²) >= 11 is 0. The molecule has 7 heteroatoms. The molecule has 3 amide bonds. The van der Waals surface area contributed by atoms with E-state index >= 15 is 0 Å². The topological polar surface area (TPSA) is 78.5 Å². The minimum Gasteiger partial charge on any atom is -0.344 e. The summed E-state index contributed by atoms with van der Waals surface area (Å²) < 4.78 is 12.9. The van der Waals surface area contributed by atoms with E-state index in [1.54, 1.807) is 17.0 Å². The summed E-state index contributed by atoms with van der Waals surface area (Å²) in [4.78, 5) is 38.7. The number of para-hydroxylation sites is 1. The van der Waals surface area contributed by atoms with E-state index < -0.39 is 17.9 Å². The normalized spacial score (nSPS) is 15.6. The Hall–Kier alpha value is -3.22. The highest BCUT2D eigenvalue weighted by Gasteiger charge is 2.39. The van der Waals surface area contributed by atoms with E-state index in [0.717, 1.165) is 5.69 Å². The zero-order valence-electron chi connectivity index (χ0n) is 15.0. The molecule has 27 heavy (non-hydrogen) atoms. The van der Waals surface area contributed by atoms with Crippen molar-refractivity contribution in [2.45, 2.75) is 32.5 Å². The lowest BCUT2D eigenvalue weighted by molar-refractivity contribution is -0.140. The Bertz CT molecular complexity index is 880. The molecule has 0 fully saturated rings. The Morgan fingerprint density at radius 3 is 2.41 bits per heavy atom. The van der Waals surface area contributed by atoms with Gasteiger partial charge in [0, 0.05) is 23.8 Å². The maximum absolute atomic E-state index is 12.9. The third kappa shape index (κ3) is 3.81. The first kappa shape index (κ1) is 18.6. The molecule has 0 aromatic heterocycles. The van der Waals surface area contributed by atoms with Crippen molar-refractivity contribution in [2.24, 2.45) is 0 Å². The van der Waals surface area contributed by atoms with Crippen molar-refractivity contribution in [1.82, 2.24) is 10.6 Å². The number of benzene rings is 2. The van der Waals surface area contributed by atoms with Gasteiger partial charge in [0.25, 0.3) is 5.91 Å². The summed E-state index contributed by atoms with van der Waals surface area (Å²) in [6.45, 7) is 3.85. The van der Waals surface area contributed by atoms with Crippen LogP contribution in [-0.4, -0.2) is 23.8 Å². The first-order valence-corrected chi connectivity index (χ1v) is 8.63. The standard InChI is InChI=1S/C20H20FN3O3/c1-12(2)24-16-6-4-3-5-15(16)17(20(24)27)23-19(26)18(25)22-11-13-7-9-14(21)10-8-13/h3-10,12,17H,11H2,1-2H3,(H,22,25)(H,23,26). The molecule has 1 atom stereocenters. The molecule has 1 aliphatic rings. The number of carbonyl (C=O) groups excluding carboxylic acids is 3. The number of anilines is 1. The van der Waals surface area contributed by atoms with Crippen molar-refractivity contribution >= 4 is 23.4 Å². The van der Waals surface area contributed by atoms with Gasteiger partial charge in [0.1, 0.15) is 11.9 Å². The first-order chi connectivity index (χ1) is 12.9. The number of nitrogens with one attached hydrogen (secondary N) is 2. The molecule has 0 saturated heterocycles. The van der Waals surface area contributed by atoms with Crippen LogP contribution in [0.5, 0.6) is 0 Å². The number of amides is 3. The zero-order chi connectivity index (χ0) is 19.6. The van der Waals surface area contributed by atoms with Gasteiger partial charge in [-0.1, -0.05) is 30.3 Å². The van der Waals surface area contributed by atoms with Crippen molar-refractivity contribution < 1.29 is 18.8 Å². The number of rotatable bonds is 4. The summed E-state index contributed by atoms with van der Waals surface area (Å²) in [6, 6.07) is 11.8. The fourth-order valence-electron chi connectivity index (χ4n) is 3.08. The fraction of sp³-hybridized carbons (Fsp3) is 0.250. The van der Waals surface area contributed by atoms with E-state index in [9.17, 15) is 18.8 Å². The number of carbonyl (C=O) groups is 3. The first-order valence-electron chi connectivity index (χ1n) is 8.63. The number of halogens is 1. The molecule has 6 nitrogen and oxygen atoms in total. The Balaban J connectivity index is 1.67. The number of hydrogen-bond donors (Lipinski definition) is 2. The minimum absolute atomic E-state index is 0.0761. The molecule has 1 aliphatic heterocycles. The molecule has 0 bridgehead atoms. The van der Waals surface area contributed by atoms with Gasteiger partial charge in [0.05, 0.1) is 0 Å². The van der Waals surface area contributed by atoms with Gasteiger partial charge in [-0.2, -0.15) is 0 Å². The van der Waals surface area contributed by atoms with E-state index in [1.165, 1.54) is 24.3 Å². The Morgan fingerprint density at radius 1 is 1.07 bits per heavy atom. The summed E-state index contributed by atoms with van der Waals surface area (Å²) in [5.74, 6) is -2.40. The van der Waals surface area contributed by atoms with Crippen LogP contribution in [0.3, 0.4) is 0 Å². The van der Waals surface area contributed by atoms with Gasteiger partial charge in [0.2, 0.25) is 0 Å². The largest absolute Gasteiger partial charge is 0.344 e. The van der Waals surface area contributed by atoms with Crippen molar-refractivity contribution in [2.75, 3.05) is 4.90 Å². The van der Waals surface area contributed by atoms with Gasteiger partial charge >= 0.3 is 11.8 Å². The van der Waals surface area contributed by atoms with Crippen LogP contribution in [-0.2, 0) is 20.9 Å². The Kier molecular flexibility index (Phi) is 5.21. The quantitative estimate of drug-likeness (QED) is 0.810. The molecular formula is C20H20FN3O3. The molecule has 2 aromatic carbocycles. The highest BCUT2D eigenvalue weighted by molar-refractivity contribution is 6.35. The van der Waals surface area contributed by atoms with Crippen LogP contribution < -0.4 is 15.5 Å². The predicted octanol–water partition coefficient (Wildman–Crippen LogP) is 2.05. The lowest BCUT2D eigenvalue weighted by atomic mass is 10.1. The maximum atomic E-state index is 12.9. The van der Waals surface area contributed by atoms with Crippen LogP contribution in [0, 0.1) is 5.82 Å². The Morgan fingerprint density at radius 2 is 1.74 bits per heavy atom. The average molecular weight is 369 g/mol. The van der Waals surface area contributed by atoms with Crippen LogP contribution in [0.2, 0.25) is 0 Å². The second-order valence-corrected chi connectivity index (χ2v) is 6.58. The molecular weight excluding hydrogens is 349 g/mol. The molecule has 1 heterocycles. The summed E-state index contributed by atoms with van der Waals surface area (Å²) in [5.41, 5.74) is 2.05. The number of hydrogen-bond acceptors (Lipinski definition) is 3. The highest BCUT2D eigenvalue weighted by atomic mass is 19.1. The second-order valence-electron chi connectivity index (χ2n) is 6.58. The molecule has 3 rings (SSSR count). The minimum atomic E-state index is -0.896. The third-order valence-electron chi connectivity index (χ3n) is 4.36. The molecule has 0 saturated carbocycles. The molecule has 0 aliphatic carbocycles. The summed E-state index contributed by atoms with van der Waals surface area (Å²) in [7, 11) is 0. The molecule has 0 radical (unpaired) electrons. The van der Waals surface area contributed by atoms with Crippen molar-refractivity contribution in [3.63, 3.8) is 0 Å². The predicted molar refractivity (Wildman–Crippen MR) is 98.2 cm³/mol. The number of nitrogens with zero attached hydrogens (tertiary/aromatic N) is 1. The molecule has 0 spiro atoms. The van der Waals surface area contributed by atoms with E-state index in [1.807, 2.05) is 26.0 Å². The van der Waals surface area contributed by atoms with Gasteiger partial charge in [0.15, 0.2) is 0 Å². The van der Waals surface area contributed by atoms with Gasteiger partial charge < -0.3 is 15.5 Å². The van der Waals surface area contributed by atoms with Crippen LogP contribution in [0.15, 0.2) is 48.5 Å². The van der Waals surface area contributed by atoms with Gasteiger partial charge in [-0.3, -0.25) is 14.4 Å². The van der Waals surface area contributed by atoms with Crippen LogP contribution in [0.4, 0.5) is 10.1 Å². The third-order valence-corrected chi connectivity index (χ3v) is 4.36. The van der Waals surface area contributed by atoms with Crippen LogP contribution in [0.1, 0.15) is 31.0 Å². The monoisotopic (exact) mass is 369 g/mol. The van der Waals surface area contributed by atoms with E-state index in [0.29, 0.717) is 11.1 Å². The lowest BCUT2D eigenvalue weighted by Crippen LogP contribution is -2.45. The molecule has 140 valence electrons. The zero-order valence-corrected chi connectivity index (χ0v) is 15.0. The van der Waals surface area contributed by atoms with Crippen molar-refractivity contribution in [3.05, 3.63) is 65.5 Å². The SMILES string of the molecule is CC(C)N1C(=O)C(NC(=O)C(=O)NCc2ccc(F)cc2)c2ccccc21. The highest BCUT2D eigenvalue weighted by Crippen LogP contribution is 2.36. The van der Waals surface area contributed by atoms with E-state index in [2.05, 4.69) is 10.6 Å². The Labute approximate surface area is 156 Å². The van der Waals surface area contributed by atoms with Gasteiger partial charge in [-0.05, 0) is 37.6 Å². The summed E-state index contributed by atoms with van der Waals surface area (Å²) in [5, 5.41) is 4.98. The van der Waals surface area contributed by atoms with Gasteiger partial charge in [-0.25, -0.2) is 4.39 Å². The molecule has 2 aromatic rings. The fourth-order valence-corrected chi connectivity index (χ4v) is 3.08. The second kappa shape index (κ2) is 7.57. The number of fused-ring (bicyclic) bond motifs is 1. The lowest BCUT2D eigenvalue weighted by Gasteiger charge is -2.22. The average Bonchev–Trinajstić information content (AvgIpc) is 2.93. The van der Waals surface area contributed by atoms with Crippen LogP contribution >= 0.6 is 0 Å².